The van der Waals surface area contributed by atoms with Gasteiger partial charge in [-0.05, 0) is 38.6 Å². The topological polar surface area (TPSA) is 73.8 Å². The predicted octanol–water partition coefficient (Wildman–Crippen LogP) is 1.79. The average Bonchev–Trinajstić information content (AvgIpc) is 2.54. The highest BCUT2D eigenvalue weighted by atomic mass is 32.2. The molecule has 6 nitrogen and oxygen atoms in total. The highest BCUT2D eigenvalue weighted by molar-refractivity contribution is 7.89. The summed E-state index contributed by atoms with van der Waals surface area (Å²) in [5.41, 5.74) is 1.29. The molecule has 1 aromatic carbocycles. The monoisotopic (exact) mass is 352 g/mol. The first-order valence-corrected chi connectivity index (χ1v) is 9.54. The van der Waals surface area contributed by atoms with Gasteiger partial charge >= 0.3 is 0 Å². The van der Waals surface area contributed by atoms with Crippen LogP contribution in [0.25, 0.3) is 0 Å². The molecule has 7 heteroatoms. The van der Waals surface area contributed by atoms with Gasteiger partial charge in [0, 0.05) is 31.1 Å². The second kappa shape index (κ2) is 6.37. The van der Waals surface area contributed by atoms with E-state index in [9.17, 15) is 8.42 Å². The van der Waals surface area contributed by atoms with Gasteiger partial charge in [-0.15, -0.1) is 0 Å². The highest BCUT2D eigenvalue weighted by Gasteiger charge is 2.53. The minimum Gasteiger partial charge on any atom is -0.352 e. The summed E-state index contributed by atoms with van der Waals surface area (Å²) < 4.78 is 25.8. The second-order valence-corrected chi connectivity index (χ2v) is 9.17. The number of benzene rings is 1. The van der Waals surface area contributed by atoms with Crippen LogP contribution in [-0.4, -0.2) is 45.5 Å². The molecule has 2 rings (SSSR count). The Bertz CT molecular complexity index is 721. The van der Waals surface area contributed by atoms with E-state index in [4.69, 9.17) is 0 Å². The maximum absolute atomic E-state index is 11.7. The summed E-state index contributed by atoms with van der Waals surface area (Å²) in [6, 6.07) is 6.86. The number of nitrogens with zero attached hydrogens (tertiary/aromatic N) is 2. The summed E-state index contributed by atoms with van der Waals surface area (Å²) >= 11 is 0. The molecule has 0 unspecified atom stereocenters. The molecule has 0 radical (unpaired) electrons. The number of hydrogen-bond donors (Lipinski definition) is 2. The van der Waals surface area contributed by atoms with Gasteiger partial charge in [-0.25, -0.2) is 13.1 Å². The molecular formula is C17H28N4O2S. The number of likely N-dealkylation sites (tertiary alicyclic amines) is 1. The molecule has 0 amide bonds. The van der Waals surface area contributed by atoms with E-state index in [1.54, 1.807) is 19.2 Å². The Morgan fingerprint density at radius 3 is 2.21 bits per heavy atom. The van der Waals surface area contributed by atoms with E-state index in [0.717, 1.165) is 18.1 Å². The van der Waals surface area contributed by atoms with Crippen LogP contribution >= 0.6 is 0 Å². The summed E-state index contributed by atoms with van der Waals surface area (Å²) in [6.45, 7) is 10.5. The fraction of sp³-hybridized carbons (Fsp3) is 0.588. The summed E-state index contributed by atoms with van der Waals surface area (Å²) in [6.07, 6.45) is 0. The molecule has 0 spiro atoms. The van der Waals surface area contributed by atoms with E-state index >= 15 is 0 Å². The van der Waals surface area contributed by atoms with Gasteiger partial charge in [0.2, 0.25) is 10.0 Å². The average molecular weight is 353 g/mol. The van der Waals surface area contributed by atoms with E-state index in [1.807, 2.05) is 12.1 Å². The van der Waals surface area contributed by atoms with Crippen molar-refractivity contribution in [3.05, 3.63) is 29.8 Å². The van der Waals surface area contributed by atoms with E-state index in [0.29, 0.717) is 6.54 Å². The van der Waals surface area contributed by atoms with Crippen LogP contribution in [0.4, 0.5) is 0 Å². The van der Waals surface area contributed by atoms with Gasteiger partial charge in [-0.1, -0.05) is 26.0 Å². The number of nitrogens with one attached hydrogen (secondary N) is 2. The smallest absolute Gasteiger partial charge is 0.240 e. The van der Waals surface area contributed by atoms with Gasteiger partial charge in [0.05, 0.1) is 4.90 Å². The Hall–Kier alpha value is -1.60. The van der Waals surface area contributed by atoms with Crippen molar-refractivity contribution < 1.29 is 8.42 Å². The van der Waals surface area contributed by atoms with Crippen molar-refractivity contribution in [3.8, 4) is 0 Å². The van der Waals surface area contributed by atoms with Crippen LogP contribution in [-0.2, 0) is 16.6 Å². The quantitative estimate of drug-likeness (QED) is 0.640. The van der Waals surface area contributed by atoms with E-state index in [-0.39, 0.29) is 15.8 Å². The van der Waals surface area contributed by atoms with Gasteiger partial charge < -0.3 is 10.2 Å². The Balaban J connectivity index is 2.03. The Kier molecular flexibility index (Phi) is 4.97. The van der Waals surface area contributed by atoms with Crippen molar-refractivity contribution in [3.63, 3.8) is 0 Å². The summed E-state index contributed by atoms with van der Waals surface area (Å²) in [7, 11) is -0.198. The molecule has 2 N–H and O–H groups in total. The Morgan fingerprint density at radius 2 is 1.79 bits per heavy atom. The lowest BCUT2D eigenvalue weighted by molar-refractivity contribution is -0.0667. The zero-order valence-electron chi connectivity index (χ0n) is 15.3. The molecule has 1 aliphatic rings. The van der Waals surface area contributed by atoms with E-state index < -0.39 is 10.0 Å². The minimum atomic E-state index is -3.39. The van der Waals surface area contributed by atoms with Gasteiger partial charge in [0.25, 0.3) is 0 Å². The van der Waals surface area contributed by atoms with Crippen LogP contribution in [0.3, 0.4) is 0 Å². The molecule has 0 aromatic heterocycles. The Morgan fingerprint density at radius 1 is 1.21 bits per heavy atom. The summed E-state index contributed by atoms with van der Waals surface area (Å²) in [5, 5.41) is 3.36. The number of hydrogen-bond acceptors (Lipinski definition) is 3. The third-order valence-electron chi connectivity index (χ3n) is 5.30. The molecule has 1 saturated heterocycles. The molecule has 1 heterocycles. The number of rotatable bonds is 4. The van der Waals surface area contributed by atoms with Crippen LogP contribution in [0, 0.1) is 5.41 Å². The standard InChI is InChI=1S/C17H28N4O2S/c1-16(2)12-21(17(16,3)4)15(18-5)20-11-13-7-9-14(10-8-13)24(22,23)19-6/h7-10,19H,11-12H2,1-6H3,(H,18,20). The van der Waals surface area contributed by atoms with Gasteiger partial charge in [-0.3, -0.25) is 4.99 Å². The van der Waals surface area contributed by atoms with E-state index in [2.05, 4.69) is 47.6 Å². The lowest BCUT2D eigenvalue weighted by Gasteiger charge is -2.62. The fourth-order valence-corrected chi connectivity index (χ4v) is 3.51. The highest BCUT2D eigenvalue weighted by Crippen LogP contribution is 2.46. The van der Waals surface area contributed by atoms with Gasteiger partial charge in [-0.2, -0.15) is 0 Å². The van der Waals surface area contributed by atoms with Crippen molar-refractivity contribution >= 4 is 16.0 Å². The largest absolute Gasteiger partial charge is 0.352 e. The van der Waals surface area contributed by atoms with Crippen molar-refractivity contribution in [2.75, 3.05) is 20.6 Å². The van der Waals surface area contributed by atoms with E-state index in [1.165, 1.54) is 7.05 Å². The lowest BCUT2D eigenvalue weighted by Crippen LogP contribution is -2.72. The number of guanidine groups is 1. The molecule has 0 aliphatic carbocycles. The van der Waals surface area contributed by atoms with Crippen molar-refractivity contribution in [1.29, 1.82) is 0 Å². The second-order valence-electron chi connectivity index (χ2n) is 7.28. The number of aliphatic imine (C=N–C) groups is 1. The van der Waals surface area contributed by atoms with Crippen LogP contribution in [0.5, 0.6) is 0 Å². The molecule has 24 heavy (non-hydrogen) atoms. The van der Waals surface area contributed by atoms with Crippen molar-refractivity contribution in [2.24, 2.45) is 10.4 Å². The molecule has 134 valence electrons. The maximum atomic E-state index is 11.7. The molecule has 1 aromatic rings. The third kappa shape index (κ3) is 3.28. The zero-order valence-corrected chi connectivity index (χ0v) is 16.2. The molecule has 1 aliphatic heterocycles. The first-order valence-electron chi connectivity index (χ1n) is 8.06. The van der Waals surface area contributed by atoms with Crippen LogP contribution in [0.15, 0.2) is 34.2 Å². The molecule has 0 atom stereocenters. The van der Waals surface area contributed by atoms with Crippen LogP contribution < -0.4 is 10.0 Å². The predicted molar refractivity (Wildman–Crippen MR) is 97.5 cm³/mol. The first-order chi connectivity index (χ1) is 11.0. The molecular weight excluding hydrogens is 324 g/mol. The Labute approximate surface area is 145 Å². The summed E-state index contributed by atoms with van der Waals surface area (Å²) in [4.78, 5) is 6.92. The number of sulfonamides is 1. The third-order valence-corrected chi connectivity index (χ3v) is 6.74. The molecule has 0 bridgehead atoms. The fourth-order valence-electron chi connectivity index (χ4n) is 2.78. The normalized spacial score (nSPS) is 19.8. The SMILES string of the molecule is CN=C(NCc1ccc(S(=O)(=O)NC)cc1)N1CC(C)(C)C1(C)C. The zero-order chi connectivity index (χ0) is 18.2. The minimum absolute atomic E-state index is 0.0412. The van der Waals surface area contributed by atoms with Crippen LogP contribution in [0.2, 0.25) is 0 Å². The van der Waals surface area contributed by atoms with Crippen molar-refractivity contribution in [2.45, 2.75) is 44.7 Å². The lowest BCUT2D eigenvalue weighted by atomic mass is 9.65. The molecule has 0 saturated carbocycles. The van der Waals surface area contributed by atoms with Gasteiger partial charge in [0.15, 0.2) is 5.96 Å². The van der Waals surface area contributed by atoms with Crippen LogP contribution in [0.1, 0.15) is 33.3 Å². The molecule has 1 fully saturated rings. The van der Waals surface area contributed by atoms with Crippen molar-refractivity contribution in [1.82, 2.24) is 14.9 Å². The summed E-state index contributed by atoms with van der Waals surface area (Å²) in [5.74, 6) is 0.867. The van der Waals surface area contributed by atoms with Gasteiger partial charge in [0.1, 0.15) is 0 Å². The maximum Gasteiger partial charge on any atom is 0.240 e. The first kappa shape index (κ1) is 18.7.